The van der Waals surface area contributed by atoms with Crippen LogP contribution in [0.25, 0.3) is 0 Å². The van der Waals surface area contributed by atoms with E-state index in [4.69, 9.17) is 22.0 Å². The van der Waals surface area contributed by atoms with Crippen molar-refractivity contribution in [2.75, 3.05) is 11.9 Å². The van der Waals surface area contributed by atoms with Gasteiger partial charge in [-0.1, -0.05) is 18.0 Å². The Bertz CT molecular complexity index is 625. The minimum absolute atomic E-state index is 0.0875. The Labute approximate surface area is 139 Å². The Hall–Kier alpha value is -2.59. The van der Waals surface area contributed by atoms with Gasteiger partial charge in [0.25, 0.3) is 5.91 Å². The van der Waals surface area contributed by atoms with Crippen LogP contribution in [-0.4, -0.2) is 28.5 Å². The maximum Gasteiger partial charge on any atom is 0.303 e. The molecule has 7 nitrogen and oxygen atoms in total. The molecule has 0 aliphatic carbocycles. The monoisotopic (exact) mass is 336 g/mol. The van der Waals surface area contributed by atoms with Gasteiger partial charge in [0.15, 0.2) is 5.15 Å². The number of unbranched alkanes of at least 4 members (excludes halogenated alkanes) is 2. The van der Waals surface area contributed by atoms with Crippen LogP contribution in [0.3, 0.4) is 0 Å². The van der Waals surface area contributed by atoms with Crippen LogP contribution in [0.2, 0.25) is 5.15 Å². The summed E-state index contributed by atoms with van der Waals surface area (Å²) >= 11 is 5.86. The van der Waals surface area contributed by atoms with E-state index >= 15 is 0 Å². The van der Waals surface area contributed by atoms with Crippen LogP contribution in [0.5, 0.6) is 0 Å². The second-order valence-corrected chi connectivity index (χ2v) is 4.97. The van der Waals surface area contributed by atoms with Gasteiger partial charge in [0.2, 0.25) is 0 Å². The first-order valence-electron chi connectivity index (χ1n) is 7.02. The number of halogens is 1. The molecule has 8 heteroatoms. The van der Waals surface area contributed by atoms with Gasteiger partial charge < -0.3 is 15.7 Å². The van der Waals surface area contributed by atoms with Gasteiger partial charge in [0.05, 0.1) is 5.69 Å². The molecule has 0 unspecified atom stereocenters. The van der Waals surface area contributed by atoms with Crippen molar-refractivity contribution in [3.05, 3.63) is 35.3 Å². The highest BCUT2D eigenvalue weighted by molar-refractivity contribution is 6.32. The highest BCUT2D eigenvalue weighted by atomic mass is 35.5. The lowest BCUT2D eigenvalue weighted by molar-refractivity contribution is -0.137. The van der Waals surface area contributed by atoms with E-state index in [0.717, 1.165) is 0 Å². The fraction of sp³-hybridized carbons (Fsp3) is 0.333. The molecule has 1 aromatic rings. The third kappa shape index (κ3) is 7.29. The molecule has 0 aliphatic heterocycles. The molecule has 0 aromatic carbocycles. The summed E-state index contributed by atoms with van der Waals surface area (Å²) < 4.78 is 0. The lowest BCUT2D eigenvalue weighted by Crippen LogP contribution is -2.26. The van der Waals surface area contributed by atoms with Crippen LogP contribution < -0.4 is 10.6 Å². The molecule has 23 heavy (non-hydrogen) atoms. The number of aromatic nitrogens is 1. The van der Waals surface area contributed by atoms with Gasteiger partial charge in [-0.15, -0.1) is 0 Å². The number of amides is 1. The van der Waals surface area contributed by atoms with E-state index in [1.165, 1.54) is 12.4 Å². The fourth-order valence-corrected chi connectivity index (χ4v) is 1.84. The molecule has 0 bridgehead atoms. The molecule has 1 aromatic heterocycles. The average molecular weight is 337 g/mol. The Morgan fingerprint density at radius 3 is 2.83 bits per heavy atom. The number of nitrogens with one attached hydrogen (secondary N) is 2. The second-order valence-electron chi connectivity index (χ2n) is 4.62. The number of hydrogen-bond donors (Lipinski definition) is 3. The van der Waals surface area contributed by atoms with Crippen LogP contribution in [0, 0.1) is 11.3 Å². The van der Waals surface area contributed by atoms with Gasteiger partial charge >= 0.3 is 5.97 Å². The Kier molecular flexibility index (Phi) is 8.18. The van der Waals surface area contributed by atoms with Crippen molar-refractivity contribution in [2.45, 2.75) is 25.7 Å². The van der Waals surface area contributed by atoms with Gasteiger partial charge in [-0.25, -0.2) is 4.98 Å². The first-order valence-corrected chi connectivity index (χ1v) is 7.39. The summed E-state index contributed by atoms with van der Waals surface area (Å²) in [6.07, 6.45) is 4.82. The highest BCUT2D eigenvalue weighted by Crippen LogP contribution is 2.17. The zero-order valence-corrected chi connectivity index (χ0v) is 13.1. The lowest BCUT2D eigenvalue weighted by Gasteiger charge is -2.05. The number of nitrogens with zero attached hydrogens (tertiary/aromatic N) is 2. The number of carbonyl (C=O) groups excluding carboxylic acids is 1. The number of hydrogen-bond acceptors (Lipinski definition) is 5. The van der Waals surface area contributed by atoms with E-state index in [0.29, 0.717) is 31.5 Å². The predicted octanol–water partition coefficient (Wildman–Crippen LogP) is 2.32. The fourth-order valence-electron chi connectivity index (χ4n) is 1.67. The highest BCUT2D eigenvalue weighted by Gasteiger charge is 2.08. The van der Waals surface area contributed by atoms with Crippen molar-refractivity contribution in [2.24, 2.45) is 0 Å². The van der Waals surface area contributed by atoms with Crippen molar-refractivity contribution in [3.63, 3.8) is 0 Å². The summed E-state index contributed by atoms with van der Waals surface area (Å²) in [6, 6.07) is 5.14. The summed E-state index contributed by atoms with van der Waals surface area (Å²) in [6.45, 7) is 0.380. The predicted molar refractivity (Wildman–Crippen MR) is 85.7 cm³/mol. The van der Waals surface area contributed by atoms with E-state index in [1.54, 1.807) is 18.2 Å². The number of pyridine rings is 1. The van der Waals surface area contributed by atoms with E-state index in [9.17, 15) is 9.59 Å². The number of carboxylic acids is 1. The Morgan fingerprint density at radius 2 is 2.17 bits per heavy atom. The van der Waals surface area contributed by atoms with Crippen LogP contribution >= 0.6 is 11.6 Å². The molecule has 1 rings (SSSR count). The third-order valence-electron chi connectivity index (χ3n) is 2.85. The van der Waals surface area contributed by atoms with Crippen LogP contribution in [0.1, 0.15) is 25.7 Å². The number of carbonyl (C=O) groups is 2. The summed E-state index contributed by atoms with van der Waals surface area (Å²) in [5.41, 5.74) is 0.402. The van der Waals surface area contributed by atoms with E-state index in [2.05, 4.69) is 15.6 Å². The van der Waals surface area contributed by atoms with E-state index < -0.39 is 11.9 Å². The average Bonchev–Trinajstić information content (AvgIpc) is 2.52. The molecule has 0 fully saturated rings. The molecule has 0 spiro atoms. The summed E-state index contributed by atoms with van der Waals surface area (Å²) in [7, 11) is 0. The smallest absolute Gasteiger partial charge is 0.303 e. The van der Waals surface area contributed by atoms with Gasteiger partial charge in [-0.05, 0) is 25.0 Å². The first-order chi connectivity index (χ1) is 11.0. The molecule has 0 radical (unpaired) electrons. The number of anilines is 1. The Morgan fingerprint density at radius 1 is 1.39 bits per heavy atom. The number of aliphatic carboxylic acids is 1. The summed E-state index contributed by atoms with van der Waals surface area (Å²) in [5, 5.41) is 23.1. The van der Waals surface area contributed by atoms with Crippen molar-refractivity contribution in [3.8, 4) is 6.07 Å². The summed E-state index contributed by atoms with van der Waals surface area (Å²) in [5.74, 6) is -1.33. The number of rotatable bonds is 9. The molecule has 0 aliphatic rings. The third-order valence-corrected chi connectivity index (χ3v) is 3.15. The number of carboxylic acid groups (broad SMARTS) is 1. The largest absolute Gasteiger partial charge is 0.481 e. The molecule has 0 saturated carbocycles. The molecule has 0 atom stereocenters. The zero-order chi connectivity index (χ0) is 17.1. The van der Waals surface area contributed by atoms with E-state index in [-0.39, 0.29) is 17.1 Å². The number of nitriles is 1. The molecule has 1 amide bonds. The molecule has 0 saturated heterocycles. The Balaban J connectivity index is 2.40. The standard InChI is InChI=1S/C15H17ClN4O3/c16-14-12(5-4-8-18-14)20-10-11(9-17)15(23)19-7-3-1-2-6-13(21)22/h4-5,8,10,20H,1-3,6-7H2,(H,19,23)(H,21,22)/b11-10-. The normalized spacial score (nSPS) is 10.7. The van der Waals surface area contributed by atoms with Crippen molar-refractivity contribution < 1.29 is 14.7 Å². The van der Waals surface area contributed by atoms with Crippen molar-refractivity contribution >= 4 is 29.2 Å². The lowest BCUT2D eigenvalue weighted by atomic mass is 10.2. The maximum absolute atomic E-state index is 11.8. The van der Waals surface area contributed by atoms with Crippen LogP contribution in [-0.2, 0) is 9.59 Å². The van der Waals surface area contributed by atoms with Gasteiger partial charge in [-0.3, -0.25) is 9.59 Å². The van der Waals surface area contributed by atoms with Gasteiger partial charge in [0.1, 0.15) is 11.6 Å². The minimum Gasteiger partial charge on any atom is -0.481 e. The van der Waals surface area contributed by atoms with Crippen LogP contribution in [0.15, 0.2) is 30.1 Å². The first kappa shape index (κ1) is 18.5. The zero-order valence-electron chi connectivity index (χ0n) is 12.4. The minimum atomic E-state index is -0.830. The van der Waals surface area contributed by atoms with E-state index in [1.807, 2.05) is 0 Å². The summed E-state index contributed by atoms with van der Waals surface area (Å²) in [4.78, 5) is 26.1. The molecular formula is C15H17ClN4O3. The molecular weight excluding hydrogens is 320 g/mol. The SMILES string of the molecule is N#C/C(=C/Nc1cccnc1Cl)C(=O)NCCCCCC(=O)O. The topological polar surface area (TPSA) is 115 Å². The van der Waals surface area contributed by atoms with Crippen molar-refractivity contribution in [1.82, 2.24) is 10.3 Å². The quantitative estimate of drug-likeness (QED) is 0.276. The van der Waals surface area contributed by atoms with Gasteiger partial charge in [-0.2, -0.15) is 5.26 Å². The van der Waals surface area contributed by atoms with Gasteiger partial charge in [0, 0.05) is 25.4 Å². The molecule has 1 heterocycles. The van der Waals surface area contributed by atoms with Crippen molar-refractivity contribution in [1.29, 1.82) is 5.26 Å². The maximum atomic E-state index is 11.8. The molecule has 3 N–H and O–H groups in total. The molecule has 122 valence electrons. The van der Waals surface area contributed by atoms with Crippen LogP contribution in [0.4, 0.5) is 5.69 Å². The second kappa shape index (κ2) is 10.2.